The second-order valence-electron chi connectivity index (χ2n) is 5.99. The van der Waals surface area contributed by atoms with Crippen LogP contribution in [0.3, 0.4) is 0 Å². The summed E-state index contributed by atoms with van der Waals surface area (Å²) in [6.45, 7) is 1.87. The molecule has 152 valence electrons. The number of hydrogen-bond acceptors (Lipinski definition) is 5. The Hall–Kier alpha value is -3.01. The van der Waals surface area contributed by atoms with Gasteiger partial charge in [-0.3, -0.25) is 9.36 Å². The molecule has 0 unspecified atom stereocenters. The highest BCUT2D eigenvalue weighted by Crippen LogP contribution is 2.26. The number of hydrogen-bond donors (Lipinski definition) is 1. The lowest BCUT2D eigenvalue weighted by Gasteiger charge is -2.13. The van der Waals surface area contributed by atoms with Gasteiger partial charge in [0.15, 0.2) is 5.16 Å². The van der Waals surface area contributed by atoms with Gasteiger partial charge in [0.1, 0.15) is 12.1 Å². The van der Waals surface area contributed by atoms with E-state index in [4.69, 9.17) is 0 Å². The van der Waals surface area contributed by atoms with Crippen molar-refractivity contribution in [3.05, 3.63) is 66.0 Å². The minimum atomic E-state index is -4.80. The van der Waals surface area contributed by atoms with E-state index in [0.717, 1.165) is 11.3 Å². The fraction of sp³-hybridized carbons (Fsp3) is 0.211. The van der Waals surface area contributed by atoms with Gasteiger partial charge in [-0.1, -0.05) is 48.2 Å². The molecule has 1 heterocycles. The molecule has 1 amide bonds. The number of carbonyl (C=O) groups excluding carboxylic acids is 1. The van der Waals surface area contributed by atoms with Crippen LogP contribution in [0, 0.1) is 6.92 Å². The molecule has 0 saturated carbocycles. The Morgan fingerprint density at radius 3 is 2.66 bits per heavy atom. The molecule has 0 bridgehead atoms. The van der Waals surface area contributed by atoms with Crippen LogP contribution in [0.25, 0.3) is 5.69 Å². The van der Waals surface area contributed by atoms with Crippen molar-refractivity contribution in [3.63, 3.8) is 0 Å². The van der Waals surface area contributed by atoms with E-state index in [9.17, 15) is 18.0 Å². The Morgan fingerprint density at radius 1 is 1.17 bits per heavy atom. The van der Waals surface area contributed by atoms with Crippen LogP contribution < -0.4 is 10.1 Å². The second-order valence-corrected chi connectivity index (χ2v) is 6.93. The van der Waals surface area contributed by atoms with Crippen molar-refractivity contribution in [2.75, 3.05) is 5.75 Å². The molecule has 3 rings (SSSR count). The minimum Gasteiger partial charge on any atom is -0.405 e. The zero-order valence-corrected chi connectivity index (χ0v) is 16.1. The number of benzene rings is 2. The first kappa shape index (κ1) is 20.7. The number of amides is 1. The van der Waals surface area contributed by atoms with E-state index in [-0.39, 0.29) is 29.5 Å². The Kier molecular flexibility index (Phi) is 6.42. The number of rotatable bonds is 7. The minimum absolute atomic E-state index is 0.0346. The lowest BCUT2D eigenvalue weighted by Crippen LogP contribution is -2.26. The summed E-state index contributed by atoms with van der Waals surface area (Å²) in [5.41, 5.74) is 2.16. The number of para-hydroxylation sites is 2. The summed E-state index contributed by atoms with van der Waals surface area (Å²) in [5.74, 6) is -0.657. The Morgan fingerprint density at radius 2 is 1.90 bits per heavy atom. The monoisotopic (exact) mass is 422 g/mol. The molecule has 0 spiro atoms. The maximum absolute atomic E-state index is 12.5. The molecule has 0 saturated heterocycles. The van der Waals surface area contributed by atoms with Crippen LogP contribution in [-0.4, -0.2) is 32.8 Å². The third-order valence-corrected chi connectivity index (χ3v) is 4.84. The molecule has 10 heteroatoms. The van der Waals surface area contributed by atoms with Gasteiger partial charge in [0.05, 0.1) is 11.4 Å². The molecule has 0 radical (unpaired) electrons. The predicted molar refractivity (Wildman–Crippen MR) is 102 cm³/mol. The number of halogens is 3. The maximum Gasteiger partial charge on any atom is 0.573 e. The lowest BCUT2D eigenvalue weighted by atomic mass is 10.2. The topological polar surface area (TPSA) is 69.0 Å². The number of thioether (sulfide) groups is 1. The highest BCUT2D eigenvalue weighted by atomic mass is 32.2. The van der Waals surface area contributed by atoms with Crippen molar-refractivity contribution in [1.82, 2.24) is 20.1 Å². The van der Waals surface area contributed by atoms with E-state index in [1.165, 1.54) is 30.0 Å². The van der Waals surface area contributed by atoms with E-state index in [1.54, 1.807) is 17.0 Å². The summed E-state index contributed by atoms with van der Waals surface area (Å²) < 4.78 is 43.2. The van der Waals surface area contributed by atoms with Crippen molar-refractivity contribution < 1.29 is 22.7 Å². The average molecular weight is 422 g/mol. The average Bonchev–Trinajstić information content (AvgIpc) is 3.13. The van der Waals surface area contributed by atoms with Gasteiger partial charge in [0.2, 0.25) is 5.91 Å². The lowest BCUT2D eigenvalue weighted by molar-refractivity contribution is -0.274. The van der Waals surface area contributed by atoms with Crippen LogP contribution in [0.5, 0.6) is 5.75 Å². The highest BCUT2D eigenvalue weighted by Gasteiger charge is 2.32. The van der Waals surface area contributed by atoms with Gasteiger partial charge >= 0.3 is 6.36 Å². The highest BCUT2D eigenvalue weighted by molar-refractivity contribution is 7.99. The fourth-order valence-electron chi connectivity index (χ4n) is 2.57. The first-order chi connectivity index (χ1) is 13.8. The van der Waals surface area contributed by atoms with Gasteiger partial charge in [-0.2, -0.15) is 0 Å². The molecule has 1 N–H and O–H groups in total. The van der Waals surface area contributed by atoms with Gasteiger partial charge < -0.3 is 10.1 Å². The molecule has 0 aliphatic heterocycles. The zero-order chi connectivity index (χ0) is 20.9. The molecular weight excluding hydrogens is 405 g/mol. The van der Waals surface area contributed by atoms with Crippen LogP contribution in [0.15, 0.2) is 60.0 Å². The van der Waals surface area contributed by atoms with Crippen LogP contribution in [0.4, 0.5) is 13.2 Å². The third kappa shape index (κ3) is 5.74. The molecular formula is C19H17F3N4O2S. The zero-order valence-electron chi connectivity index (χ0n) is 15.3. The van der Waals surface area contributed by atoms with Crippen molar-refractivity contribution in [3.8, 4) is 11.4 Å². The normalized spacial score (nSPS) is 11.3. The van der Waals surface area contributed by atoms with Gasteiger partial charge in [0, 0.05) is 12.1 Å². The molecule has 1 aromatic heterocycles. The number of alkyl halides is 3. The van der Waals surface area contributed by atoms with Crippen molar-refractivity contribution in [1.29, 1.82) is 0 Å². The van der Waals surface area contributed by atoms with E-state index < -0.39 is 6.36 Å². The number of aryl methyl sites for hydroxylation is 1. The molecule has 0 fully saturated rings. The molecule has 6 nitrogen and oxygen atoms in total. The Labute approximate surface area is 169 Å². The van der Waals surface area contributed by atoms with Gasteiger partial charge in [0.25, 0.3) is 0 Å². The van der Waals surface area contributed by atoms with Crippen molar-refractivity contribution >= 4 is 17.7 Å². The molecule has 2 aromatic carbocycles. The summed E-state index contributed by atoms with van der Waals surface area (Å²) in [6, 6.07) is 13.4. The van der Waals surface area contributed by atoms with Crippen LogP contribution in [0.1, 0.15) is 11.1 Å². The van der Waals surface area contributed by atoms with Gasteiger partial charge in [-0.15, -0.1) is 23.4 Å². The fourth-order valence-corrected chi connectivity index (χ4v) is 3.32. The number of ether oxygens (including phenoxy) is 1. The summed E-state index contributed by atoms with van der Waals surface area (Å²) >= 11 is 1.18. The molecule has 0 atom stereocenters. The molecule has 0 aliphatic rings. The van der Waals surface area contributed by atoms with Crippen molar-refractivity contribution in [2.45, 2.75) is 25.0 Å². The Bertz CT molecular complexity index is 991. The number of aromatic nitrogens is 3. The quantitative estimate of drug-likeness (QED) is 0.585. The van der Waals surface area contributed by atoms with Crippen LogP contribution in [-0.2, 0) is 11.3 Å². The maximum atomic E-state index is 12.5. The van der Waals surface area contributed by atoms with Gasteiger partial charge in [-0.05, 0) is 24.6 Å². The largest absolute Gasteiger partial charge is 0.573 e. The summed E-state index contributed by atoms with van der Waals surface area (Å²) in [5, 5.41) is 11.1. The van der Waals surface area contributed by atoms with E-state index >= 15 is 0 Å². The predicted octanol–water partition coefficient (Wildman–Crippen LogP) is 3.88. The second kappa shape index (κ2) is 8.99. The summed E-state index contributed by atoms with van der Waals surface area (Å²) in [6.07, 6.45) is -3.23. The van der Waals surface area contributed by atoms with E-state index in [0.29, 0.717) is 5.16 Å². The third-order valence-electron chi connectivity index (χ3n) is 3.90. The van der Waals surface area contributed by atoms with Gasteiger partial charge in [-0.25, -0.2) is 0 Å². The first-order valence-corrected chi connectivity index (χ1v) is 9.51. The van der Waals surface area contributed by atoms with Crippen LogP contribution in [0.2, 0.25) is 0 Å². The van der Waals surface area contributed by atoms with E-state index in [1.807, 2.05) is 31.2 Å². The number of nitrogens with one attached hydrogen (secondary N) is 1. The van der Waals surface area contributed by atoms with E-state index in [2.05, 4.69) is 20.3 Å². The SMILES string of the molecule is Cc1ccccc1-n1cnnc1SCC(=O)NCc1ccccc1OC(F)(F)F. The molecule has 29 heavy (non-hydrogen) atoms. The first-order valence-electron chi connectivity index (χ1n) is 8.52. The molecule has 0 aliphatic carbocycles. The number of carbonyl (C=O) groups is 1. The summed E-state index contributed by atoms with van der Waals surface area (Å²) in [7, 11) is 0. The molecule has 3 aromatic rings. The standard InChI is InChI=1S/C19H17F3N4O2S/c1-13-6-2-4-8-15(13)26-12-24-25-18(26)29-11-17(27)23-10-14-7-3-5-9-16(14)28-19(20,21)22/h2-9,12H,10-11H2,1H3,(H,23,27). The van der Waals surface area contributed by atoms with Crippen LogP contribution >= 0.6 is 11.8 Å². The number of nitrogens with zero attached hydrogens (tertiary/aromatic N) is 3. The Balaban J connectivity index is 1.59. The summed E-state index contributed by atoms with van der Waals surface area (Å²) in [4.78, 5) is 12.2. The smallest absolute Gasteiger partial charge is 0.405 e. The van der Waals surface area contributed by atoms with Crippen molar-refractivity contribution in [2.24, 2.45) is 0 Å².